The fourth-order valence-corrected chi connectivity index (χ4v) is 1.56. The Morgan fingerprint density at radius 1 is 1.38 bits per heavy atom. The summed E-state index contributed by atoms with van der Waals surface area (Å²) in [6.45, 7) is 0. The minimum atomic E-state index is -1.29. The number of aromatic nitrogens is 1. The second-order valence-electron chi connectivity index (χ2n) is 3.81. The Hall–Kier alpha value is -3.47. The maximum absolute atomic E-state index is 11.0. The van der Waals surface area contributed by atoms with Gasteiger partial charge in [-0.1, -0.05) is 0 Å². The average molecular weight is 285 g/mol. The van der Waals surface area contributed by atoms with Crippen molar-refractivity contribution in [3.63, 3.8) is 0 Å². The molecule has 0 amide bonds. The van der Waals surface area contributed by atoms with Crippen LogP contribution in [0.2, 0.25) is 0 Å². The number of non-ortho nitro benzene ring substituents is 1. The molecule has 0 saturated carbocycles. The third kappa shape index (κ3) is 2.93. The summed E-state index contributed by atoms with van der Waals surface area (Å²) in [5.41, 5.74) is -0.660. The van der Waals surface area contributed by atoms with Gasteiger partial charge in [-0.05, 0) is 18.2 Å². The van der Waals surface area contributed by atoms with E-state index in [1.807, 2.05) is 0 Å². The van der Waals surface area contributed by atoms with Crippen molar-refractivity contribution in [3.05, 3.63) is 57.9 Å². The van der Waals surface area contributed by atoms with Crippen LogP contribution in [-0.4, -0.2) is 21.0 Å². The average Bonchev–Trinajstić information content (AvgIpc) is 2.47. The number of pyridine rings is 1. The van der Waals surface area contributed by atoms with Gasteiger partial charge >= 0.3 is 5.97 Å². The Bertz CT molecular complexity index is 767. The Morgan fingerprint density at radius 2 is 2.14 bits per heavy atom. The molecule has 2 rings (SSSR count). The van der Waals surface area contributed by atoms with Crippen LogP contribution in [0.15, 0.2) is 36.5 Å². The zero-order valence-electron chi connectivity index (χ0n) is 10.4. The molecule has 0 spiro atoms. The molecule has 0 aliphatic rings. The maximum Gasteiger partial charge on any atom is 0.358 e. The standard InChI is InChI=1S/C13H7N3O5/c14-7-8-6-9(16(19)20)3-4-10(8)21-11-2-1-5-15-12(11)13(17)18/h1-6H,(H,17,18). The van der Waals surface area contributed by atoms with Crippen LogP contribution in [0.4, 0.5) is 5.69 Å². The third-order valence-electron chi connectivity index (χ3n) is 2.49. The number of carboxylic acid groups (broad SMARTS) is 1. The molecule has 0 radical (unpaired) electrons. The van der Waals surface area contributed by atoms with E-state index in [1.54, 1.807) is 6.07 Å². The Labute approximate surface area is 118 Å². The largest absolute Gasteiger partial charge is 0.476 e. The summed E-state index contributed by atoms with van der Waals surface area (Å²) in [7, 11) is 0. The van der Waals surface area contributed by atoms with E-state index in [9.17, 15) is 14.9 Å². The second-order valence-corrected chi connectivity index (χ2v) is 3.81. The normalized spacial score (nSPS) is 9.67. The van der Waals surface area contributed by atoms with Crippen molar-refractivity contribution in [3.8, 4) is 17.6 Å². The van der Waals surface area contributed by atoms with Gasteiger partial charge in [0.1, 0.15) is 17.4 Å². The quantitative estimate of drug-likeness (QED) is 0.674. The van der Waals surface area contributed by atoms with E-state index in [0.29, 0.717) is 0 Å². The van der Waals surface area contributed by atoms with Gasteiger partial charge in [-0.25, -0.2) is 9.78 Å². The number of hydrogen-bond acceptors (Lipinski definition) is 6. The van der Waals surface area contributed by atoms with Gasteiger partial charge in [0.2, 0.25) is 0 Å². The minimum Gasteiger partial charge on any atom is -0.476 e. The maximum atomic E-state index is 11.0. The smallest absolute Gasteiger partial charge is 0.358 e. The number of rotatable bonds is 4. The Morgan fingerprint density at radius 3 is 2.76 bits per heavy atom. The van der Waals surface area contributed by atoms with Crippen LogP contribution in [0.25, 0.3) is 0 Å². The first kappa shape index (κ1) is 14.0. The van der Waals surface area contributed by atoms with Crippen LogP contribution in [-0.2, 0) is 0 Å². The van der Waals surface area contributed by atoms with Gasteiger partial charge < -0.3 is 9.84 Å². The van der Waals surface area contributed by atoms with Crippen molar-refractivity contribution in [2.45, 2.75) is 0 Å². The van der Waals surface area contributed by atoms with E-state index in [1.165, 1.54) is 24.4 Å². The lowest BCUT2D eigenvalue weighted by Crippen LogP contribution is -2.03. The molecule has 1 N–H and O–H groups in total. The molecule has 8 heteroatoms. The highest BCUT2D eigenvalue weighted by molar-refractivity contribution is 5.88. The molecule has 2 aromatic rings. The van der Waals surface area contributed by atoms with Gasteiger partial charge in [-0.15, -0.1) is 0 Å². The molecule has 0 unspecified atom stereocenters. The second kappa shape index (κ2) is 5.66. The van der Waals surface area contributed by atoms with E-state index in [4.69, 9.17) is 15.1 Å². The summed E-state index contributed by atoms with van der Waals surface area (Å²) in [5, 5.41) is 28.6. The summed E-state index contributed by atoms with van der Waals surface area (Å²) in [4.78, 5) is 24.7. The van der Waals surface area contributed by atoms with E-state index < -0.39 is 10.9 Å². The molecule has 8 nitrogen and oxygen atoms in total. The van der Waals surface area contributed by atoms with Crippen molar-refractivity contribution < 1.29 is 19.6 Å². The van der Waals surface area contributed by atoms with Gasteiger partial charge in [0.25, 0.3) is 5.69 Å². The van der Waals surface area contributed by atoms with Crippen LogP contribution in [0.3, 0.4) is 0 Å². The number of nitro benzene ring substituents is 1. The zero-order chi connectivity index (χ0) is 15.4. The molecule has 0 saturated heterocycles. The first-order valence-corrected chi connectivity index (χ1v) is 5.57. The zero-order valence-corrected chi connectivity index (χ0v) is 10.4. The molecular formula is C13H7N3O5. The summed E-state index contributed by atoms with van der Waals surface area (Å²) in [6, 6.07) is 8.05. The topological polar surface area (TPSA) is 126 Å². The lowest BCUT2D eigenvalue weighted by atomic mass is 10.2. The highest BCUT2D eigenvalue weighted by Crippen LogP contribution is 2.29. The van der Waals surface area contributed by atoms with Gasteiger partial charge in [0.15, 0.2) is 11.4 Å². The lowest BCUT2D eigenvalue weighted by Gasteiger charge is -2.08. The minimum absolute atomic E-state index is 0.0126. The van der Waals surface area contributed by atoms with Crippen LogP contribution < -0.4 is 4.74 Å². The Balaban J connectivity index is 2.43. The highest BCUT2D eigenvalue weighted by atomic mass is 16.6. The fourth-order valence-electron chi connectivity index (χ4n) is 1.56. The molecular weight excluding hydrogens is 278 g/mol. The summed E-state index contributed by atoms with van der Waals surface area (Å²) in [6.07, 6.45) is 1.29. The number of ether oxygens (including phenoxy) is 1. The van der Waals surface area contributed by atoms with Crippen LogP contribution in [0.5, 0.6) is 11.5 Å². The molecule has 21 heavy (non-hydrogen) atoms. The van der Waals surface area contributed by atoms with Gasteiger partial charge in [0.05, 0.1) is 4.92 Å². The van der Waals surface area contributed by atoms with E-state index in [0.717, 1.165) is 12.1 Å². The molecule has 0 bridgehead atoms. The molecule has 1 aromatic carbocycles. The number of benzene rings is 1. The van der Waals surface area contributed by atoms with Gasteiger partial charge in [-0.3, -0.25) is 10.1 Å². The number of carboxylic acids is 1. The van der Waals surface area contributed by atoms with E-state index in [-0.39, 0.29) is 28.4 Å². The number of nitriles is 1. The summed E-state index contributed by atoms with van der Waals surface area (Å²) >= 11 is 0. The first-order chi connectivity index (χ1) is 10.0. The van der Waals surface area contributed by atoms with Crippen LogP contribution >= 0.6 is 0 Å². The van der Waals surface area contributed by atoms with E-state index in [2.05, 4.69) is 4.98 Å². The molecule has 104 valence electrons. The van der Waals surface area contributed by atoms with Crippen molar-refractivity contribution in [2.24, 2.45) is 0 Å². The summed E-state index contributed by atoms with van der Waals surface area (Å²) in [5.74, 6) is -1.33. The lowest BCUT2D eigenvalue weighted by molar-refractivity contribution is -0.384. The first-order valence-electron chi connectivity index (χ1n) is 5.57. The van der Waals surface area contributed by atoms with Crippen molar-refractivity contribution in [1.29, 1.82) is 5.26 Å². The predicted molar refractivity (Wildman–Crippen MR) is 69.1 cm³/mol. The van der Waals surface area contributed by atoms with E-state index >= 15 is 0 Å². The molecule has 1 heterocycles. The molecule has 0 aliphatic carbocycles. The molecule has 0 fully saturated rings. The number of carbonyl (C=O) groups is 1. The number of nitrogens with zero attached hydrogens (tertiary/aromatic N) is 3. The monoisotopic (exact) mass is 285 g/mol. The SMILES string of the molecule is N#Cc1cc([N+](=O)[O-])ccc1Oc1cccnc1C(=O)O. The highest BCUT2D eigenvalue weighted by Gasteiger charge is 2.16. The van der Waals surface area contributed by atoms with Gasteiger partial charge in [0, 0.05) is 18.3 Å². The van der Waals surface area contributed by atoms with Crippen molar-refractivity contribution in [2.75, 3.05) is 0 Å². The van der Waals surface area contributed by atoms with Gasteiger partial charge in [-0.2, -0.15) is 5.26 Å². The van der Waals surface area contributed by atoms with Crippen LogP contribution in [0, 0.1) is 21.4 Å². The van der Waals surface area contributed by atoms with Crippen molar-refractivity contribution >= 4 is 11.7 Å². The molecule has 1 aromatic heterocycles. The summed E-state index contributed by atoms with van der Waals surface area (Å²) < 4.78 is 5.34. The number of hydrogen-bond donors (Lipinski definition) is 1. The number of nitro groups is 1. The molecule has 0 aliphatic heterocycles. The van der Waals surface area contributed by atoms with Crippen LogP contribution in [0.1, 0.15) is 16.1 Å². The Kier molecular flexibility index (Phi) is 3.76. The number of aromatic carboxylic acids is 1. The molecule has 0 atom stereocenters. The van der Waals surface area contributed by atoms with Crippen molar-refractivity contribution in [1.82, 2.24) is 4.98 Å². The predicted octanol–water partition coefficient (Wildman–Crippen LogP) is 2.35. The fraction of sp³-hybridized carbons (Fsp3) is 0. The third-order valence-corrected chi connectivity index (χ3v) is 2.49.